The number of hydrogen-bond donors (Lipinski definition) is 2. The number of aliphatic imine (C=N–C) groups is 1. The van der Waals surface area contributed by atoms with Crippen molar-refractivity contribution in [1.82, 2.24) is 15.5 Å². The summed E-state index contributed by atoms with van der Waals surface area (Å²) in [7, 11) is 3.51. The van der Waals surface area contributed by atoms with E-state index in [2.05, 4.69) is 53.7 Å². The lowest BCUT2D eigenvalue weighted by molar-refractivity contribution is -0.127. The summed E-state index contributed by atoms with van der Waals surface area (Å²) >= 11 is 1.81. The van der Waals surface area contributed by atoms with E-state index in [1.54, 1.807) is 30.8 Å². The highest BCUT2D eigenvalue weighted by Gasteiger charge is 2.23. The van der Waals surface area contributed by atoms with Gasteiger partial charge in [-0.3, -0.25) is 4.79 Å². The van der Waals surface area contributed by atoms with E-state index in [9.17, 15) is 4.79 Å². The number of amides is 1. The molecule has 0 spiro atoms. The van der Waals surface area contributed by atoms with Crippen molar-refractivity contribution in [3.05, 3.63) is 30.3 Å². The molecule has 6 nitrogen and oxygen atoms in total. The first-order valence-electron chi connectivity index (χ1n) is 10.5. The van der Waals surface area contributed by atoms with Crippen LogP contribution in [0.15, 0.2) is 40.2 Å². The Labute approximate surface area is 179 Å². The van der Waals surface area contributed by atoms with Crippen molar-refractivity contribution in [2.45, 2.75) is 62.7 Å². The van der Waals surface area contributed by atoms with Gasteiger partial charge in [0.25, 0.3) is 0 Å². The molecule has 162 valence electrons. The van der Waals surface area contributed by atoms with Gasteiger partial charge in [-0.15, -0.1) is 11.8 Å². The minimum absolute atomic E-state index is 0.00111. The molecule has 1 aliphatic carbocycles. The van der Waals surface area contributed by atoms with Gasteiger partial charge in [0.1, 0.15) is 6.54 Å². The second-order valence-electron chi connectivity index (χ2n) is 7.84. The molecule has 0 saturated heterocycles. The lowest BCUT2D eigenvalue weighted by Gasteiger charge is -2.31. The fraction of sp³-hybridized carbons (Fsp3) is 0.636. The molecule has 0 heterocycles. The summed E-state index contributed by atoms with van der Waals surface area (Å²) in [6.07, 6.45) is 4.87. The van der Waals surface area contributed by atoms with Gasteiger partial charge in [-0.1, -0.05) is 18.2 Å². The Balaban J connectivity index is 1.82. The van der Waals surface area contributed by atoms with Crippen LogP contribution >= 0.6 is 11.8 Å². The SMILES string of the molecule is CC(C)OC1CCC(NC(=NCC(=O)N(C)C)NCCSc2ccccc2)CC1. The quantitative estimate of drug-likeness (QED) is 0.278. The molecule has 0 aromatic heterocycles. The monoisotopic (exact) mass is 420 g/mol. The van der Waals surface area contributed by atoms with Crippen molar-refractivity contribution < 1.29 is 9.53 Å². The lowest BCUT2D eigenvalue weighted by atomic mass is 9.93. The molecular weight excluding hydrogens is 384 g/mol. The van der Waals surface area contributed by atoms with Crippen molar-refractivity contribution in [2.24, 2.45) is 4.99 Å². The number of nitrogens with zero attached hydrogens (tertiary/aromatic N) is 2. The van der Waals surface area contributed by atoms with Crippen LogP contribution in [0.3, 0.4) is 0 Å². The van der Waals surface area contributed by atoms with Crippen molar-refractivity contribution in [3.8, 4) is 0 Å². The van der Waals surface area contributed by atoms with Crippen LogP contribution in [0.1, 0.15) is 39.5 Å². The molecule has 0 atom stereocenters. The molecule has 1 amide bonds. The number of guanidine groups is 1. The van der Waals surface area contributed by atoms with Gasteiger partial charge >= 0.3 is 0 Å². The zero-order valence-electron chi connectivity index (χ0n) is 18.2. The highest BCUT2D eigenvalue weighted by Crippen LogP contribution is 2.22. The van der Waals surface area contributed by atoms with E-state index in [0.717, 1.165) is 43.9 Å². The Kier molecular flexibility index (Phi) is 10.4. The number of thioether (sulfide) groups is 1. The Morgan fingerprint density at radius 3 is 2.52 bits per heavy atom. The van der Waals surface area contributed by atoms with Crippen LogP contribution < -0.4 is 10.6 Å². The molecule has 1 aliphatic rings. The number of carbonyl (C=O) groups is 1. The number of ether oxygens (including phenoxy) is 1. The van der Waals surface area contributed by atoms with E-state index < -0.39 is 0 Å². The van der Waals surface area contributed by atoms with E-state index >= 15 is 0 Å². The Bertz CT molecular complexity index is 629. The highest BCUT2D eigenvalue weighted by atomic mass is 32.2. The summed E-state index contributed by atoms with van der Waals surface area (Å²) in [4.78, 5) is 19.3. The molecule has 0 unspecified atom stereocenters. The highest BCUT2D eigenvalue weighted by molar-refractivity contribution is 7.99. The maximum absolute atomic E-state index is 11.9. The van der Waals surface area contributed by atoms with Gasteiger partial charge in [0.15, 0.2) is 5.96 Å². The van der Waals surface area contributed by atoms with Crippen LogP contribution in [0.4, 0.5) is 0 Å². The second kappa shape index (κ2) is 12.8. The molecule has 1 aromatic carbocycles. The molecule has 1 fully saturated rings. The molecule has 7 heteroatoms. The zero-order valence-corrected chi connectivity index (χ0v) is 19.0. The molecule has 2 rings (SSSR count). The molecule has 0 aliphatic heterocycles. The van der Waals surface area contributed by atoms with E-state index in [1.165, 1.54) is 4.90 Å². The fourth-order valence-corrected chi connectivity index (χ4v) is 4.01. The summed E-state index contributed by atoms with van der Waals surface area (Å²) in [6, 6.07) is 10.7. The molecule has 29 heavy (non-hydrogen) atoms. The summed E-state index contributed by atoms with van der Waals surface area (Å²) in [5.41, 5.74) is 0. The lowest BCUT2D eigenvalue weighted by Crippen LogP contribution is -2.46. The van der Waals surface area contributed by atoms with Crippen molar-refractivity contribution in [3.63, 3.8) is 0 Å². The van der Waals surface area contributed by atoms with E-state index in [4.69, 9.17) is 4.74 Å². The average molecular weight is 421 g/mol. The van der Waals surface area contributed by atoms with Gasteiger partial charge in [-0.2, -0.15) is 0 Å². The van der Waals surface area contributed by atoms with E-state index in [0.29, 0.717) is 12.1 Å². The first-order valence-corrected chi connectivity index (χ1v) is 11.5. The average Bonchev–Trinajstić information content (AvgIpc) is 2.70. The van der Waals surface area contributed by atoms with Crippen LogP contribution in [-0.4, -0.2) is 68.0 Å². The van der Waals surface area contributed by atoms with Crippen LogP contribution in [-0.2, 0) is 9.53 Å². The van der Waals surface area contributed by atoms with Crippen LogP contribution in [0, 0.1) is 0 Å². The van der Waals surface area contributed by atoms with Crippen molar-refractivity contribution in [2.75, 3.05) is 32.9 Å². The van der Waals surface area contributed by atoms with Crippen molar-refractivity contribution >= 4 is 23.6 Å². The number of likely N-dealkylation sites (N-methyl/N-ethyl adjacent to an activating group) is 1. The molecule has 0 bridgehead atoms. The third kappa shape index (κ3) is 9.54. The maximum Gasteiger partial charge on any atom is 0.243 e. The van der Waals surface area contributed by atoms with Crippen LogP contribution in [0.25, 0.3) is 0 Å². The zero-order chi connectivity index (χ0) is 21.1. The second-order valence-corrected chi connectivity index (χ2v) is 9.01. The number of hydrogen-bond acceptors (Lipinski definition) is 4. The molecule has 1 aromatic rings. The van der Waals surface area contributed by atoms with Crippen LogP contribution in [0.5, 0.6) is 0 Å². The third-order valence-corrected chi connectivity index (χ3v) is 5.77. The Morgan fingerprint density at radius 1 is 1.21 bits per heavy atom. The summed E-state index contributed by atoms with van der Waals surface area (Å²) in [6.45, 7) is 5.12. The Morgan fingerprint density at radius 2 is 1.90 bits per heavy atom. The van der Waals surface area contributed by atoms with Gasteiger partial charge in [0, 0.05) is 37.3 Å². The first kappa shape index (κ1) is 23.5. The minimum atomic E-state index is -0.00111. The largest absolute Gasteiger partial charge is 0.376 e. The number of nitrogens with one attached hydrogen (secondary N) is 2. The number of benzene rings is 1. The van der Waals surface area contributed by atoms with Gasteiger partial charge < -0.3 is 20.3 Å². The standard InChI is InChI=1S/C22H36N4O2S/c1-17(2)28-19-12-10-18(11-13-19)25-22(24-16-21(27)26(3)4)23-14-15-29-20-8-6-5-7-9-20/h5-9,17-19H,10-16H2,1-4H3,(H2,23,24,25). The van der Waals surface area contributed by atoms with Crippen molar-refractivity contribution in [1.29, 1.82) is 0 Å². The molecule has 2 N–H and O–H groups in total. The third-order valence-electron chi connectivity index (χ3n) is 4.76. The number of carbonyl (C=O) groups excluding carboxylic acids is 1. The first-order chi connectivity index (χ1) is 13.9. The van der Waals surface area contributed by atoms with Gasteiger partial charge in [-0.25, -0.2) is 4.99 Å². The minimum Gasteiger partial charge on any atom is -0.376 e. The fourth-order valence-electron chi connectivity index (χ4n) is 3.22. The maximum atomic E-state index is 11.9. The van der Waals surface area contributed by atoms with Gasteiger partial charge in [0.2, 0.25) is 5.91 Å². The predicted octanol–water partition coefficient (Wildman–Crippen LogP) is 3.14. The van der Waals surface area contributed by atoms with E-state index in [1.807, 2.05) is 6.07 Å². The normalized spacial score (nSPS) is 19.8. The smallest absolute Gasteiger partial charge is 0.243 e. The molecule has 1 saturated carbocycles. The summed E-state index contributed by atoms with van der Waals surface area (Å²) < 4.78 is 5.94. The molecule has 0 radical (unpaired) electrons. The topological polar surface area (TPSA) is 66.0 Å². The van der Waals surface area contributed by atoms with Gasteiger partial charge in [-0.05, 0) is 51.7 Å². The molecular formula is C22H36N4O2S. The predicted molar refractivity (Wildman–Crippen MR) is 122 cm³/mol. The van der Waals surface area contributed by atoms with Crippen LogP contribution in [0.2, 0.25) is 0 Å². The Hall–Kier alpha value is -1.73. The van der Waals surface area contributed by atoms with E-state index in [-0.39, 0.29) is 18.6 Å². The number of rotatable bonds is 9. The summed E-state index contributed by atoms with van der Waals surface area (Å²) in [5, 5.41) is 6.92. The van der Waals surface area contributed by atoms with Gasteiger partial charge in [0.05, 0.1) is 12.2 Å². The summed E-state index contributed by atoms with van der Waals surface area (Å²) in [5.74, 6) is 1.65.